The molecule has 1 heterocycles. The average molecular weight is 395 g/mol. The number of anilines is 1. The average Bonchev–Trinajstić information content (AvgIpc) is 2.60. The summed E-state index contributed by atoms with van der Waals surface area (Å²) in [6.07, 6.45) is 2.25. The minimum absolute atomic E-state index is 0.185. The van der Waals surface area contributed by atoms with Gasteiger partial charge in [0.15, 0.2) is 0 Å². The van der Waals surface area contributed by atoms with Crippen molar-refractivity contribution in [2.45, 2.75) is 6.42 Å². The summed E-state index contributed by atoms with van der Waals surface area (Å²) in [6.45, 7) is 1.41. The molecule has 2 N–H and O–H groups in total. The smallest absolute Gasteiger partial charge is 0.269 e. The number of carbonyl (C=O) groups is 2. The fourth-order valence-electron chi connectivity index (χ4n) is 2.17. The van der Waals surface area contributed by atoms with E-state index in [1.165, 1.54) is 24.4 Å². The molecule has 1 aromatic carbocycles. The molecule has 0 bridgehead atoms. The van der Waals surface area contributed by atoms with Crippen molar-refractivity contribution in [2.24, 2.45) is 0 Å². The molecule has 0 radical (unpaired) electrons. The van der Waals surface area contributed by atoms with Gasteiger partial charge in [-0.3, -0.25) is 14.6 Å². The van der Waals surface area contributed by atoms with Crippen molar-refractivity contribution in [1.82, 2.24) is 15.2 Å². The van der Waals surface area contributed by atoms with Crippen LogP contribution in [0.25, 0.3) is 0 Å². The molecule has 0 saturated carbocycles. The first-order valence-electron chi connectivity index (χ1n) is 8.02. The predicted octanol–water partition coefficient (Wildman–Crippen LogP) is 3.32. The van der Waals surface area contributed by atoms with Gasteiger partial charge in [-0.25, -0.2) is 0 Å². The summed E-state index contributed by atoms with van der Waals surface area (Å²) in [5.74, 6) is -0.707. The Bertz CT molecular complexity index is 797. The number of hydrogen-bond acceptors (Lipinski definition) is 4. The lowest BCUT2D eigenvalue weighted by molar-refractivity contribution is 0.0947. The fourth-order valence-corrected chi connectivity index (χ4v) is 2.62. The van der Waals surface area contributed by atoms with E-state index in [9.17, 15) is 9.59 Å². The zero-order valence-electron chi connectivity index (χ0n) is 14.6. The molecule has 0 aliphatic heterocycles. The van der Waals surface area contributed by atoms with Crippen LogP contribution in [0.15, 0.2) is 36.5 Å². The molecule has 2 aromatic rings. The molecule has 0 saturated heterocycles. The summed E-state index contributed by atoms with van der Waals surface area (Å²) in [5.41, 5.74) is 0.932. The number of pyridine rings is 1. The monoisotopic (exact) mass is 394 g/mol. The Labute approximate surface area is 162 Å². The lowest BCUT2D eigenvalue weighted by atomic mass is 10.2. The van der Waals surface area contributed by atoms with E-state index in [1.54, 1.807) is 12.1 Å². The lowest BCUT2D eigenvalue weighted by Gasteiger charge is -2.10. The maximum absolute atomic E-state index is 12.4. The van der Waals surface area contributed by atoms with Gasteiger partial charge in [0.25, 0.3) is 11.8 Å². The van der Waals surface area contributed by atoms with Crippen LogP contribution in [0, 0.1) is 0 Å². The second-order valence-corrected chi connectivity index (χ2v) is 6.76. The van der Waals surface area contributed by atoms with E-state index < -0.39 is 5.91 Å². The highest BCUT2D eigenvalue weighted by atomic mass is 35.5. The van der Waals surface area contributed by atoms with E-state index in [0.717, 1.165) is 13.0 Å². The fraction of sp³-hybridized carbons (Fsp3) is 0.278. The maximum Gasteiger partial charge on any atom is 0.269 e. The maximum atomic E-state index is 12.4. The highest BCUT2D eigenvalue weighted by molar-refractivity contribution is 6.36. The molecule has 6 nitrogen and oxygen atoms in total. The third-order valence-corrected chi connectivity index (χ3v) is 4.05. The molecule has 0 spiro atoms. The Kier molecular flexibility index (Phi) is 7.38. The Morgan fingerprint density at radius 3 is 2.58 bits per heavy atom. The van der Waals surface area contributed by atoms with Crippen molar-refractivity contribution < 1.29 is 9.59 Å². The molecule has 138 valence electrons. The van der Waals surface area contributed by atoms with Gasteiger partial charge in [-0.2, -0.15) is 0 Å². The van der Waals surface area contributed by atoms with E-state index in [4.69, 9.17) is 23.2 Å². The molecular formula is C18H20Cl2N4O2. The number of nitrogens with one attached hydrogen (secondary N) is 2. The number of amides is 2. The van der Waals surface area contributed by atoms with Crippen LogP contribution in [-0.4, -0.2) is 48.9 Å². The van der Waals surface area contributed by atoms with E-state index in [-0.39, 0.29) is 11.6 Å². The number of hydrogen-bond donors (Lipinski definition) is 2. The summed E-state index contributed by atoms with van der Waals surface area (Å²) in [5, 5.41) is 6.29. The Morgan fingerprint density at radius 2 is 1.88 bits per heavy atom. The van der Waals surface area contributed by atoms with Crippen molar-refractivity contribution in [3.8, 4) is 0 Å². The van der Waals surface area contributed by atoms with Gasteiger partial charge >= 0.3 is 0 Å². The van der Waals surface area contributed by atoms with Gasteiger partial charge in [0.1, 0.15) is 5.69 Å². The van der Waals surface area contributed by atoms with E-state index in [2.05, 4.69) is 15.6 Å². The van der Waals surface area contributed by atoms with Crippen molar-refractivity contribution in [2.75, 3.05) is 32.5 Å². The van der Waals surface area contributed by atoms with Crippen molar-refractivity contribution in [3.05, 3.63) is 57.8 Å². The second kappa shape index (κ2) is 9.52. The van der Waals surface area contributed by atoms with Crippen LogP contribution in [0.2, 0.25) is 10.0 Å². The second-order valence-electron chi connectivity index (χ2n) is 5.92. The zero-order chi connectivity index (χ0) is 19.1. The summed E-state index contributed by atoms with van der Waals surface area (Å²) in [7, 11) is 3.94. The van der Waals surface area contributed by atoms with Gasteiger partial charge in [-0.15, -0.1) is 0 Å². The zero-order valence-corrected chi connectivity index (χ0v) is 16.1. The first-order chi connectivity index (χ1) is 12.4. The lowest BCUT2D eigenvalue weighted by Crippen LogP contribution is -2.28. The summed E-state index contributed by atoms with van der Waals surface area (Å²) >= 11 is 11.9. The molecule has 26 heavy (non-hydrogen) atoms. The van der Waals surface area contributed by atoms with Crippen LogP contribution in [0.5, 0.6) is 0 Å². The molecule has 0 aliphatic rings. The molecule has 0 aliphatic carbocycles. The first kappa shape index (κ1) is 20.2. The van der Waals surface area contributed by atoms with E-state index in [1.807, 2.05) is 19.0 Å². The van der Waals surface area contributed by atoms with Crippen LogP contribution in [0.1, 0.15) is 27.3 Å². The van der Waals surface area contributed by atoms with Gasteiger partial charge in [0, 0.05) is 23.3 Å². The Morgan fingerprint density at radius 1 is 1.12 bits per heavy atom. The molecule has 2 rings (SSSR count). The van der Waals surface area contributed by atoms with E-state index in [0.29, 0.717) is 27.8 Å². The topological polar surface area (TPSA) is 74.3 Å². The molecule has 0 fully saturated rings. The molecule has 1 aromatic heterocycles. The van der Waals surface area contributed by atoms with Gasteiger partial charge in [-0.1, -0.05) is 23.2 Å². The summed E-state index contributed by atoms with van der Waals surface area (Å²) < 4.78 is 0. The highest BCUT2D eigenvalue weighted by Gasteiger charge is 2.13. The molecule has 8 heteroatoms. The summed E-state index contributed by atoms with van der Waals surface area (Å²) in [4.78, 5) is 30.6. The Hall–Kier alpha value is -2.15. The molecular weight excluding hydrogens is 375 g/mol. The Balaban J connectivity index is 2.01. The SMILES string of the molecule is CN(C)CCCNC(=O)c1cc(C(=O)Nc2ccc(Cl)cc2Cl)ccn1. The van der Waals surface area contributed by atoms with Crippen LogP contribution in [0.3, 0.4) is 0 Å². The summed E-state index contributed by atoms with van der Waals surface area (Å²) in [6, 6.07) is 7.75. The van der Waals surface area contributed by atoms with Crippen molar-refractivity contribution in [1.29, 1.82) is 0 Å². The van der Waals surface area contributed by atoms with Crippen molar-refractivity contribution >= 4 is 40.7 Å². The van der Waals surface area contributed by atoms with Crippen LogP contribution in [0.4, 0.5) is 5.69 Å². The van der Waals surface area contributed by atoms with Gasteiger partial charge in [0.2, 0.25) is 0 Å². The van der Waals surface area contributed by atoms with Gasteiger partial charge < -0.3 is 15.5 Å². The van der Waals surface area contributed by atoms with Crippen molar-refractivity contribution in [3.63, 3.8) is 0 Å². The van der Waals surface area contributed by atoms with Crippen LogP contribution < -0.4 is 10.6 Å². The normalized spacial score (nSPS) is 10.7. The van der Waals surface area contributed by atoms with Crippen LogP contribution in [-0.2, 0) is 0 Å². The third-order valence-electron chi connectivity index (χ3n) is 3.50. The predicted molar refractivity (Wildman–Crippen MR) is 104 cm³/mol. The number of aromatic nitrogens is 1. The standard InChI is InChI=1S/C18H20Cl2N4O2/c1-24(2)9-3-7-22-18(26)16-10-12(6-8-21-16)17(25)23-15-5-4-13(19)11-14(15)20/h4-6,8,10-11H,3,7,9H2,1-2H3,(H,22,26)(H,23,25). The number of benzene rings is 1. The molecule has 0 atom stereocenters. The highest BCUT2D eigenvalue weighted by Crippen LogP contribution is 2.25. The van der Waals surface area contributed by atoms with Crippen LogP contribution >= 0.6 is 23.2 Å². The van der Waals surface area contributed by atoms with Gasteiger partial charge in [0.05, 0.1) is 10.7 Å². The minimum Gasteiger partial charge on any atom is -0.351 e. The minimum atomic E-state index is -0.390. The third kappa shape index (κ3) is 5.98. The van der Waals surface area contributed by atoms with Gasteiger partial charge in [-0.05, 0) is 57.4 Å². The number of rotatable bonds is 7. The number of carbonyl (C=O) groups excluding carboxylic acids is 2. The first-order valence-corrected chi connectivity index (χ1v) is 8.78. The largest absolute Gasteiger partial charge is 0.351 e. The number of nitrogens with zero attached hydrogens (tertiary/aromatic N) is 2. The molecule has 0 unspecified atom stereocenters. The molecule has 2 amide bonds. The number of halogens is 2. The van der Waals surface area contributed by atoms with E-state index >= 15 is 0 Å². The quantitative estimate of drug-likeness (QED) is 0.706.